The van der Waals surface area contributed by atoms with E-state index in [0.29, 0.717) is 0 Å². The molecule has 0 saturated heterocycles. The lowest BCUT2D eigenvalue weighted by atomic mass is 10.1. The lowest BCUT2D eigenvalue weighted by Crippen LogP contribution is -2.16. The maximum atomic E-state index is 3.52. The second-order valence-corrected chi connectivity index (χ2v) is 7.35. The first-order valence-corrected chi connectivity index (χ1v) is 11.7. The molecule has 154 valence electrons. The molecule has 0 aromatic rings. The first kappa shape index (κ1) is 27.1. The summed E-state index contributed by atoms with van der Waals surface area (Å²) in [5, 5.41) is 6.86. The molecule has 0 aliphatic rings. The standard InChI is InChI=1S/C13H29N.C10H23N/c1-3-5-7-9-11-13-14-12-10-8-6-4-2;1-3-5-6-7-8-9-10-11-4-2/h14H,3-13H2,1-2H3;11H,3-10H2,1-2H3. The van der Waals surface area contributed by atoms with E-state index in [0.717, 1.165) is 6.54 Å². The highest BCUT2D eigenvalue weighted by atomic mass is 14.8. The normalized spacial score (nSPS) is 10.6. The van der Waals surface area contributed by atoms with E-state index in [-0.39, 0.29) is 0 Å². The van der Waals surface area contributed by atoms with Gasteiger partial charge in [0.1, 0.15) is 0 Å². The summed E-state index contributed by atoms with van der Waals surface area (Å²) >= 11 is 0. The minimum atomic E-state index is 1.12. The van der Waals surface area contributed by atoms with Crippen LogP contribution in [0.1, 0.15) is 124 Å². The maximum Gasteiger partial charge on any atom is -0.00489 e. The van der Waals surface area contributed by atoms with Gasteiger partial charge in [-0.1, -0.05) is 105 Å². The van der Waals surface area contributed by atoms with E-state index in [9.17, 15) is 0 Å². The highest BCUT2D eigenvalue weighted by molar-refractivity contribution is 4.50. The van der Waals surface area contributed by atoms with Crippen molar-refractivity contribution in [3.8, 4) is 0 Å². The van der Waals surface area contributed by atoms with Gasteiger partial charge in [0.25, 0.3) is 0 Å². The van der Waals surface area contributed by atoms with Crippen LogP contribution in [0, 0.1) is 0 Å². The van der Waals surface area contributed by atoms with Crippen LogP contribution in [-0.4, -0.2) is 26.2 Å². The zero-order valence-electron chi connectivity index (χ0n) is 18.4. The number of hydrogen-bond donors (Lipinski definition) is 2. The van der Waals surface area contributed by atoms with Gasteiger partial charge in [-0.2, -0.15) is 0 Å². The minimum Gasteiger partial charge on any atom is -0.317 e. The summed E-state index contributed by atoms with van der Waals surface area (Å²) in [7, 11) is 0. The number of rotatable bonds is 19. The van der Waals surface area contributed by atoms with E-state index in [1.165, 1.54) is 116 Å². The average molecular weight is 357 g/mol. The molecule has 0 aliphatic heterocycles. The zero-order valence-corrected chi connectivity index (χ0v) is 18.4. The molecule has 25 heavy (non-hydrogen) atoms. The quantitative estimate of drug-likeness (QED) is 0.241. The molecule has 0 rings (SSSR count). The molecule has 0 aromatic carbocycles. The smallest absolute Gasteiger partial charge is 0.00489 e. The molecule has 0 spiro atoms. The summed E-state index contributed by atoms with van der Waals surface area (Å²) in [6.07, 6.45) is 20.9. The van der Waals surface area contributed by atoms with Crippen LogP contribution in [0.25, 0.3) is 0 Å². The molecule has 2 heteroatoms. The molecule has 0 atom stereocenters. The Bertz CT molecular complexity index is 175. The number of nitrogens with one attached hydrogen (secondary N) is 2. The van der Waals surface area contributed by atoms with Crippen LogP contribution in [0.2, 0.25) is 0 Å². The molecule has 0 radical (unpaired) electrons. The van der Waals surface area contributed by atoms with Crippen LogP contribution in [0.3, 0.4) is 0 Å². The molecule has 0 unspecified atom stereocenters. The van der Waals surface area contributed by atoms with E-state index >= 15 is 0 Å². The third kappa shape index (κ3) is 32.1. The Balaban J connectivity index is 0. The van der Waals surface area contributed by atoms with E-state index in [1.807, 2.05) is 0 Å². The Labute approximate surface area is 161 Å². The molecule has 0 fully saturated rings. The van der Waals surface area contributed by atoms with Gasteiger partial charge in [0, 0.05) is 0 Å². The first-order chi connectivity index (χ1) is 12.3. The van der Waals surface area contributed by atoms with Gasteiger partial charge in [-0.15, -0.1) is 0 Å². The van der Waals surface area contributed by atoms with Crippen molar-refractivity contribution < 1.29 is 0 Å². The predicted octanol–water partition coefficient (Wildman–Crippen LogP) is 7.08. The fraction of sp³-hybridized carbons (Fsp3) is 1.00. The van der Waals surface area contributed by atoms with Crippen molar-refractivity contribution in [2.75, 3.05) is 26.2 Å². The summed E-state index contributed by atoms with van der Waals surface area (Å²) in [4.78, 5) is 0. The van der Waals surface area contributed by atoms with Crippen molar-refractivity contribution in [1.82, 2.24) is 10.6 Å². The molecule has 0 amide bonds. The van der Waals surface area contributed by atoms with Crippen molar-refractivity contribution in [3.63, 3.8) is 0 Å². The van der Waals surface area contributed by atoms with E-state index in [1.54, 1.807) is 0 Å². The molecule has 0 saturated carbocycles. The van der Waals surface area contributed by atoms with Gasteiger partial charge in [0.2, 0.25) is 0 Å². The van der Waals surface area contributed by atoms with Gasteiger partial charge in [0.05, 0.1) is 0 Å². The topological polar surface area (TPSA) is 24.1 Å². The average Bonchev–Trinajstić information content (AvgIpc) is 2.63. The van der Waals surface area contributed by atoms with Gasteiger partial charge >= 0.3 is 0 Å². The van der Waals surface area contributed by atoms with Gasteiger partial charge in [-0.05, 0) is 45.4 Å². The Hall–Kier alpha value is -0.0800. The van der Waals surface area contributed by atoms with E-state index in [4.69, 9.17) is 0 Å². The predicted molar refractivity (Wildman–Crippen MR) is 118 cm³/mol. The number of hydrogen-bond acceptors (Lipinski definition) is 2. The molecular formula is C23H52N2. The molecule has 0 aliphatic carbocycles. The van der Waals surface area contributed by atoms with Crippen LogP contribution in [0.5, 0.6) is 0 Å². The lowest BCUT2D eigenvalue weighted by molar-refractivity contribution is 0.558. The van der Waals surface area contributed by atoms with Crippen molar-refractivity contribution in [1.29, 1.82) is 0 Å². The van der Waals surface area contributed by atoms with Crippen LogP contribution in [0.4, 0.5) is 0 Å². The molecule has 2 N–H and O–H groups in total. The minimum absolute atomic E-state index is 1.12. The van der Waals surface area contributed by atoms with Gasteiger partial charge < -0.3 is 10.6 Å². The van der Waals surface area contributed by atoms with Gasteiger partial charge in [0.15, 0.2) is 0 Å². The Morgan fingerprint density at radius 3 is 1.08 bits per heavy atom. The molecule has 2 nitrogen and oxygen atoms in total. The molecule has 0 aromatic heterocycles. The Kier molecular flexibility index (Phi) is 31.2. The summed E-state index contributed by atoms with van der Waals surface area (Å²) in [6.45, 7) is 13.8. The Morgan fingerprint density at radius 1 is 0.360 bits per heavy atom. The van der Waals surface area contributed by atoms with E-state index in [2.05, 4.69) is 38.3 Å². The third-order valence-corrected chi connectivity index (χ3v) is 4.62. The molecular weight excluding hydrogens is 304 g/mol. The van der Waals surface area contributed by atoms with Gasteiger partial charge in [-0.25, -0.2) is 0 Å². The monoisotopic (exact) mass is 356 g/mol. The van der Waals surface area contributed by atoms with Crippen LogP contribution < -0.4 is 10.6 Å². The van der Waals surface area contributed by atoms with Crippen molar-refractivity contribution in [2.45, 2.75) is 124 Å². The second-order valence-electron chi connectivity index (χ2n) is 7.35. The zero-order chi connectivity index (χ0) is 18.8. The SMILES string of the molecule is CCCCCCCCNCC.CCCCCCCNCCCCCC. The summed E-state index contributed by atoms with van der Waals surface area (Å²) in [6, 6.07) is 0. The highest BCUT2D eigenvalue weighted by Crippen LogP contribution is 2.04. The fourth-order valence-corrected chi connectivity index (χ4v) is 2.86. The first-order valence-electron chi connectivity index (χ1n) is 11.7. The summed E-state index contributed by atoms with van der Waals surface area (Å²) in [5.74, 6) is 0. The van der Waals surface area contributed by atoms with Crippen molar-refractivity contribution in [3.05, 3.63) is 0 Å². The lowest BCUT2D eigenvalue weighted by Gasteiger charge is -2.03. The number of unbranched alkanes of at least 4 members (excludes halogenated alkanes) is 12. The largest absolute Gasteiger partial charge is 0.317 e. The highest BCUT2D eigenvalue weighted by Gasteiger charge is 1.90. The van der Waals surface area contributed by atoms with Crippen LogP contribution in [0.15, 0.2) is 0 Å². The van der Waals surface area contributed by atoms with Crippen LogP contribution >= 0.6 is 0 Å². The maximum absolute atomic E-state index is 3.52. The molecule has 0 heterocycles. The Morgan fingerprint density at radius 2 is 0.680 bits per heavy atom. The van der Waals surface area contributed by atoms with Gasteiger partial charge in [-0.3, -0.25) is 0 Å². The summed E-state index contributed by atoms with van der Waals surface area (Å²) < 4.78 is 0. The van der Waals surface area contributed by atoms with Crippen LogP contribution in [-0.2, 0) is 0 Å². The molecule has 0 bridgehead atoms. The van der Waals surface area contributed by atoms with E-state index < -0.39 is 0 Å². The second kappa shape index (κ2) is 28.7. The fourth-order valence-electron chi connectivity index (χ4n) is 2.86. The van der Waals surface area contributed by atoms with Crippen molar-refractivity contribution in [2.24, 2.45) is 0 Å². The third-order valence-electron chi connectivity index (χ3n) is 4.62. The van der Waals surface area contributed by atoms with Crippen molar-refractivity contribution >= 4 is 0 Å². The summed E-state index contributed by atoms with van der Waals surface area (Å²) in [5.41, 5.74) is 0.